The molecule has 0 aliphatic carbocycles. The predicted octanol–water partition coefficient (Wildman–Crippen LogP) is 4.90. The standard InChI is InChI=1S/C17H22FNS/c1-5-8-19-17(15-7-6-13(4)20-15)16-12(3)9-11(2)10-14(16)18/h6-7,9-10,17,19H,5,8H2,1-4H3. The molecule has 0 aliphatic rings. The van der Waals surface area contributed by atoms with Crippen molar-refractivity contribution in [1.82, 2.24) is 5.32 Å². The fourth-order valence-corrected chi connectivity index (χ4v) is 3.50. The van der Waals surface area contributed by atoms with Gasteiger partial charge >= 0.3 is 0 Å². The van der Waals surface area contributed by atoms with Gasteiger partial charge < -0.3 is 5.32 Å². The highest BCUT2D eigenvalue weighted by atomic mass is 32.1. The molecule has 1 N–H and O–H groups in total. The number of nitrogens with one attached hydrogen (secondary N) is 1. The zero-order valence-corrected chi connectivity index (χ0v) is 13.4. The van der Waals surface area contributed by atoms with Crippen LogP contribution in [-0.2, 0) is 0 Å². The van der Waals surface area contributed by atoms with Crippen LogP contribution in [0.25, 0.3) is 0 Å². The van der Waals surface area contributed by atoms with Crippen molar-refractivity contribution in [2.45, 2.75) is 40.2 Å². The summed E-state index contributed by atoms with van der Waals surface area (Å²) in [6.45, 7) is 9.02. The number of benzene rings is 1. The molecule has 0 amide bonds. The van der Waals surface area contributed by atoms with E-state index < -0.39 is 0 Å². The van der Waals surface area contributed by atoms with Gasteiger partial charge in [0.15, 0.2) is 0 Å². The first-order chi connectivity index (χ1) is 9.52. The Balaban J connectivity index is 2.46. The average molecular weight is 291 g/mol. The normalized spacial score (nSPS) is 12.7. The molecule has 1 unspecified atom stereocenters. The molecule has 0 aliphatic heterocycles. The van der Waals surface area contributed by atoms with E-state index in [1.165, 1.54) is 9.75 Å². The second kappa shape index (κ2) is 6.51. The summed E-state index contributed by atoms with van der Waals surface area (Å²) in [6, 6.07) is 7.84. The van der Waals surface area contributed by atoms with E-state index in [-0.39, 0.29) is 11.9 Å². The van der Waals surface area contributed by atoms with E-state index in [1.807, 2.05) is 13.8 Å². The molecule has 0 saturated carbocycles. The molecule has 0 radical (unpaired) electrons. The summed E-state index contributed by atoms with van der Waals surface area (Å²) in [5, 5.41) is 3.49. The van der Waals surface area contributed by atoms with Gasteiger partial charge in [-0.3, -0.25) is 0 Å². The SMILES string of the molecule is CCCNC(c1ccc(C)s1)c1c(C)cc(C)cc1F. The Morgan fingerprint density at radius 3 is 2.50 bits per heavy atom. The number of thiophene rings is 1. The number of hydrogen-bond acceptors (Lipinski definition) is 2. The highest BCUT2D eigenvalue weighted by Crippen LogP contribution is 2.32. The van der Waals surface area contributed by atoms with E-state index in [2.05, 4.69) is 37.4 Å². The molecule has 0 bridgehead atoms. The Labute approximate surface area is 124 Å². The van der Waals surface area contributed by atoms with Crippen molar-refractivity contribution in [2.75, 3.05) is 6.54 Å². The van der Waals surface area contributed by atoms with Crippen molar-refractivity contribution in [2.24, 2.45) is 0 Å². The Kier molecular flexibility index (Phi) is 4.95. The van der Waals surface area contributed by atoms with Crippen LogP contribution in [0.4, 0.5) is 4.39 Å². The van der Waals surface area contributed by atoms with Crippen molar-refractivity contribution in [1.29, 1.82) is 0 Å². The van der Waals surface area contributed by atoms with Crippen LogP contribution >= 0.6 is 11.3 Å². The predicted molar refractivity (Wildman–Crippen MR) is 85.1 cm³/mol. The molecular weight excluding hydrogens is 269 g/mol. The van der Waals surface area contributed by atoms with Crippen LogP contribution in [0, 0.1) is 26.6 Å². The minimum Gasteiger partial charge on any atom is -0.306 e. The Morgan fingerprint density at radius 2 is 1.95 bits per heavy atom. The average Bonchev–Trinajstić information content (AvgIpc) is 2.78. The molecule has 108 valence electrons. The second-order valence-corrected chi connectivity index (χ2v) is 6.63. The van der Waals surface area contributed by atoms with E-state index in [9.17, 15) is 4.39 Å². The molecule has 1 heterocycles. The van der Waals surface area contributed by atoms with Crippen molar-refractivity contribution in [3.8, 4) is 0 Å². The molecule has 3 heteroatoms. The van der Waals surface area contributed by atoms with Crippen LogP contribution in [0.1, 0.15) is 45.8 Å². The van der Waals surface area contributed by atoms with E-state index >= 15 is 0 Å². The Morgan fingerprint density at radius 1 is 1.20 bits per heavy atom. The lowest BCUT2D eigenvalue weighted by Gasteiger charge is -2.21. The first kappa shape index (κ1) is 15.2. The zero-order valence-electron chi connectivity index (χ0n) is 12.6. The number of rotatable bonds is 5. The monoisotopic (exact) mass is 291 g/mol. The summed E-state index contributed by atoms with van der Waals surface area (Å²) < 4.78 is 14.4. The van der Waals surface area contributed by atoms with E-state index in [1.54, 1.807) is 17.4 Å². The molecular formula is C17H22FNS. The third-order valence-corrected chi connectivity index (χ3v) is 4.48. The highest BCUT2D eigenvalue weighted by molar-refractivity contribution is 7.12. The van der Waals surface area contributed by atoms with Crippen LogP contribution in [0.15, 0.2) is 24.3 Å². The molecule has 1 atom stereocenters. The van der Waals surface area contributed by atoms with Gasteiger partial charge in [0, 0.05) is 15.3 Å². The quantitative estimate of drug-likeness (QED) is 0.826. The summed E-state index contributed by atoms with van der Waals surface area (Å²) in [5.41, 5.74) is 2.77. The van der Waals surface area contributed by atoms with Crippen molar-refractivity contribution in [3.63, 3.8) is 0 Å². The van der Waals surface area contributed by atoms with Crippen LogP contribution in [0.2, 0.25) is 0 Å². The summed E-state index contributed by atoms with van der Waals surface area (Å²) in [4.78, 5) is 2.44. The zero-order chi connectivity index (χ0) is 14.7. The minimum absolute atomic E-state index is 0.0470. The van der Waals surface area contributed by atoms with Crippen LogP contribution in [0.3, 0.4) is 0 Å². The molecule has 0 saturated heterocycles. The summed E-state index contributed by atoms with van der Waals surface area (Å²) in [5.74, 6) is -0.109. The molecule has 0 fully saturated rings. The second-order valence-electron chi connectivity index (χ2n) is 5.31. The number of aryl methyl sites for hydroxylation is 3. The van der Waals surface area contributed by atoms with Gasteiger partial charge in [0.05, 0.1) is 6.04 Å². The van der Waals surface area contributed by atoms with Crippen LogP contribution in [-0.4, -0.2) is 6.54 Å². The Hall–Kier alpha value is -1.19. The van der Waals surface area contributed by atoms with Crippen molar-refractivity contribution in [3.05, 3.63) is 56.5 Å². The van der Waals surface area contributed by atoms with Gasteiger partial charge in [0.25, 0.3) is 0 Å². The fraction of sp³-hybridized carbons (Fsp3) is 0.412. The van der Waals surface area contributed by atoms with Gasteiger partial charge in [0.2, 0.25) is 0 Å². The minimum atomic E-state index is -0.109. The lowest BCUT2D eigenvalue weighted by atomic mass is 9.97. The molecule has 1 aromatic carbocycles. The van der Waals surface area contributed by atoms with Crippen LogP contribution in [0.5, 0.6) is 0 Å². The molecule has 20 heavy (non-hydrogen) atoms. The summed E-state index contributed by atoms with van der Waals surface area (Å²) in [7, 11) is 0. The number of hydrogen-bond donors (Lipinski definition) is 1. The van der Waals surface area contributed by atoms with Gasteiger partial charge in [-0.05, 0) is 63.1 Å². The fourth-order valence-electron chi connectivity index (χ4n) is 2.53. The van der Waals surface area contributed by atoms with Crippen molar-refractivity contribution >= 4 is 11.3 Å². The molecule has 1 nitrogen and oxygen atoms in total. The third kappa shape index (κ3) is 3.28. The Bertz CT molecular complexity index is 565. The van der Waals surface area contributed by atoms with Gasteiger partial charge in [0.1, 0.15) is 5.82 Å². The molecule has 2 aromatic rings. The molecule has 2 rings (SSSR count). The maximum absolute atomic E-state index is 14.4. The van der Waals surface area contributed by atoms with Crippen molar-refractivity contribution < 1.29 is 4.39 Å². The van der Waals surface area contributed by atoms with Gasteiger partial charge in [-0.1, -0.05) is 13.0 Å². The lowest BCUT2D eigenvalue weighted by molar-refractivity contribution is 0.547. The summed E-state index contributed by atoms with van der Waals surface area (Å²) in [6.07, 6.45) is 1.04. The first-order valence-corrected chi connectivity index (χ1v) is 7.91. The van der Waals surface area contributed by atoms with Gasteiger partial charge in [-0.2, -0.15) is 0 Å². The molecule has 0 spiro atoms. The largest absolute Gasteiger partial charge is 0.306 e. The van der Waals surface area contributed by atoms with Gasteiger partial charge in [-0.15, -0.1) is 11.3 Å². The maximum atomic E-state index is 14.4. The maximum Gasteiger partial charge on any atom is 0.128 e. The van der Waals surface area contributed by atoms with E-state index in [4.69, 9.17) is 0 Å². The van der Waals surface area contributed by atoms with Gasteiger partial charge in [-0.25, -0.2) is 4.39 Å². The molecule has 1 aromatic heterocycles. The van der Waals surface area contributed by atoms with Crippen LogP contribution < -0.4 is 5.32 Å². The van der Waals surface area contributed by atoms with E-state index in [0.29, 0.717) is 0 Å². The van der Waals surface area contributed by atoms with E-state index in [0.717, 1.165) is 29.7 Å². The highest BCUT2D eigenvalue weighted by Gasteiger charge is 2.21. The first-order valence-electron chi connectivity index (χ1n) is 7.09. The lowest BCUT2D eigenvalue weighted by Crippen LogP contribution is -2.24. The third-order valence-electron chi connectivity index (χ3n) is 3.41. The smallest absolute Gasteiger partial charge is 0.128 e. The topological polar surface area (TPSA) is 12.0 Å². The number of halogens is 1. The summed E-state index contributed by atoms with van der Waals surface area (Å²) >= 11 is 1.73.